The van der Waals surface area contributed by atoms with Crippen LogP contribution in [-0.2, 0) is 11.3 Å². The molecule has 1 atom stereocenters. The number of benzene rings is 1. The number of hydrogen-bond acceptors (Lipinski definition) is 2. The average Bonchev–Trinajstić information content (AvgIpc) is 2.91. The number of hydrogen-bond donors (Lipinski definition) is 1. The summed E-state index contributed by atoms with van der Waals surface area (Å²) in [6.07, 6.45) is 7.03. The maximum absolute atomic E-state index is 12.1. The van der Waals surface area contributed by atoms with Gasteiger partial charge in [-0.25, -0.2) is 4.98 Å². The van der Waals surface area contributed by atoms with Crippen molar-refractivity contribution in [1.29, 1.82) is 0 Å². The molecule has 0 aliphatic rings. The number of nitrogens with zero attached hydrogens (tertiary/aromatic N) is 2. The van der Waals surface area contributed by atoms with E-state index in [9.17, 15) is 4.79 Å². The van der Waals surface area contributed by atoms with Crippen LogP contribution in [0.25, 0.3) is 5.57 Å². The molecule has 2 aromatic rings. The fraction of sp³-hybridized carbons (Fsp3) is 0.294. The summed E-state index contributed by atoms with van der Waals surface area (Å²) in [5.74, 6) is -0.0663. The van der Waals surface area contributed by atoms with Crippen molar-refractivity contribution in [3.05, 3.63) is 60.2 Å². The lowest BCUT2D eigenvalue weighted by molar-refractivity contribution is -0.117. The second-order valence-electron chi connectivity index (χ2n) is 5.31. The van der Waals surface area contributed by atoms with Gasteiger partial charge in [0.1, 0.15) is 0 Å². The number of carbonyl (C=O) groups is 1. The Labute approximate surface area is 125 Å². The van der Waals surface area contributed by atoms with Crippen molar-refractivity contribution >= 4 is 11.5 Å². The molecule has 1 aromatic heterocycles. The summed E-state index contributed by atoms with van der Waals surface area (Å²) in [5, 5.41) is 2.97. The smallest absolute Gasteiger partial charge is 0.244 e. The van der Waals surface area contributed by atoms with Gasteiger partial charge >= 0.3 is 0 Å². The Kier molecular flexibility index (Phi) is 4.93. The highest BCUT2D eigenvalue weighted by atomic mass is 16.1. The lowest BCUT2D eigenvalue weighted by atomic mass is 10.0. The van der Waals surface area contributed by atoms with Crippen LogP contribution >= 0.6 is 0 Å². The molecule has 1 N–H and O–H groups in total. The summed E-state index contributed by atoms with van der Waals surface area (Å²) in [6, 6.07) is 8.11. The molecule has 0 bridgehead atoms. The first-order valence-electron chi connectivity index (χ1n) is 7.07. The second kappa shape index (κ2) is 6.88. The van der Waals surface area contributed by atoms with E-state index in [0.717, 1.165) is 11.1 Å². The van der Waals surface area contributed by atoms with Gasteiger partial charge in [0.15, 0.2) is 0 Å². The van der Waals surface area contributed by atoms with E-state index in [1.807, 2.05) is 55.8 Å². The van der Waals surface area contributed by atoms with Crippen LogP contribution in [-0.4, -0.2) is 21.5 Å². The fourth-order valence-corrected chi connectivity index (χ4v) is 2.33. The first-order chi connectivity index (χ1) is 10.1. The molecule has 1 amide bonds. The Bertz CT molecular complexity index is 629. The highest BCUT2D eigenvalue weighted by molar-refractivity contribution is 5.95. The Hall–Kier alpha value is -2.36. The van der Waals surface area contributed by atoms with E-state index in [-0.39, 0.29) is 11.9 Å². The van der Waals surface area contributed by atoms with Gasteiger partial charge < -0.3 is 9.88 Å². The molecule has 4 heteroatoms. The molecule has 0 unspecified atom stereocenters. The first-order valence-corrected chi connectivity index (χ1v) is 7.07. The number of carbonyl (C=O) groups excluding carboxylic acids is 1. The predicted molar refractivity (Wildman–Crippen MR) is 84.7 cm³/mol. The third kappa shape index (κ3) is 4.31. The minimum atomic E-state index is -0.0663. The molecular weight excluding hydrogens is 262 g/mol. The molecule has 2 rings (SSSR count). The van der Waals surface area contributed by atoms with Crippen LogP contribution in [0.4, 0.5) is 0 Å². The number of amides is 1. The van der Waals surface area contributed by atoms with Gasteiger partial charge in [-0.05, 0) is 37.5 Å². The van der Waals surface area contributed by atoms with E-state index >= 15 is 0 Å². The summed E-state index contributed by atoms with van der Waals surface area (Å²) >= 11 is 0. The van der Waals surface area contributed by atoms with Crippen molar-refractivity contribution in [2.24, 2.45) is 0 Å². The van der Waals surface area contributed by atoms with Crippen molar-refractivity contribution in [1.82, 2.24) is 14.9 Å². The molecule has 110 valence electrons. The van der Waals surface area contributed by atoms with Crippen LogP contribution in [0.2, 0.25) is 0 Å². The Balaban J connectivity index is 1.97. The van der Waals surface area contributed by atoms with E-state index in [1.165, 1.54) is 5.56 Å². The first kappa shape index (κ1) is 15.0. The van der Waals surface area contributed by atoms with Crippen LogP contribution < -0.4 is 5.32 Å². The van der Waals surface area contributed by atoms with Gasteiger partial charge in [-0.1, -0.05) is 24.3 Å². The summed E-state index contributed by atoms with van der Waals surface area (Å²) in [7, 11) is 0. The summed E-state index contributed by atoms with van der Waals surface area (Å²) in [4.78, 5) is 16.1. The van der Waals surface area contributed by atoms with Gasteiger partial charge in [-0.15, -0.1) is 0 Å². The molecule has 1 heterocycles. The van der Waals surface area contributed by atoms with Crippen LogP contribution in [0.5, 0.6) is 0 Å². The Morgan fingerprint density at radius 3 is 2.86 bits per heavy atom. The number of aromatic nitrogens is 2. The maximum Gasteiger partial charge on any atom is 0.244 e. The van der Waals surface area contributed by atoms with E-state index in [4.69, 9.17) is 0 Å². The standard InChI is InChI=1S/C17H21N3O/c1-13-6-4-5-7-16(13)14(2)10-17(21)19-15(3)11-20-9-8-18-12-20/h4-10,12,15H,11H2,1-3H3,(H,19,21)/b14-10-/t15-/m1/s1. The van der Waals surface area contributed by atoms with Crippen molar-refractivity contribution in [3.63, 3.8) is 0 Å². The number of aryl methyl sites for hydroxylation is 1. The molecule has 1 aromatic carbocycles. The molecule has 0 radical (unpaired) electrons. The fourth-order valence-electron chi connectivity index (χ4n) is 2.33. The number of nitrogens with one attached hydrogen (secondary N) is 1. The maximum atomic E-state index is 12.1. The number of rotatable bonds is 5. The number of imidazole rings is 1. The molecule has 0 fully saturated rings. The summed E-state index contributed by atoms with van der Waals surface area (Å²) in [6.45, 7) is 6.70. The van der Waals surface area contributed by atoms with Gasteiger partial charge in [0.2, 0.25) is 5.91 Å². The molecule has 0 saturated carbocycles. The van der Waals surface area contributed by atoms with Crippen LogP contribution in [0.1, 0.15) is 25.0 Å². The zero-order valence-electron chi connectivity index (χ0n) is 12.7. The SMILES string of the molecule is C/C(=C/C(=O)N[C@H](C)Cn1ccnc1)c1ccccc1C. The van der Waals surface area contributed by atoms with Gasteiger partial charge in [0.05, 0.1) is 6.33 Å². The molecule has 0 aliphatic carbocycles. The third-order valence-electron chi connectivity index (χ3n) is 3.35. The van der Waals surface area contributed by atoms with Crippen molar-refractivity contribution in [3.8, 4) is 0 Å². The zero-order valence-corrected chi connectivity index (χ0v) is 12.7. The quantitative estimate of drug-likeness (QED) is 0.858. The van der Waals surface area contributed by atoms with Crippen LogP contribution in [0.15, 0.2) is 49.1 Å². The minimum Gasteiger partial charge on any atom is -0.348 e. The normalized spacial score (nSPS) is 13.0. The van der Waals surface area contributed by atoms with Gasteiger partial charge in [0, 0.05) is 31.1 Å². The van der Waals surface area contributed by atoms with E-state index < -0.39 is 0 Å². The lowest BCUT2D eigenvalue weighted by Crippen LogP contribution is -2.34. The second-order valence-corrected chi connectivity index (χ2v) is 5.31. The lowest BCUT2D eigenvalue weighted by Gasteiger charge is -2.13. The molecule has 0 aliphatic heterocycles. The molecule has 0 saturated heterocycles. The molecule has 21 heavy (non-hydrogen) atoms. The molecule has 0 spiro atoms. The summed E-state index contributed by atoms with van der Waals surface area (Å²) < 4.78 is 1.95. The summed E-state index contributed by atoms with van der Waals surface area (Å²) in [5.41, 5.74) is 3.25. The molecule has 4 nitrogen and oxygen atoms in total. The van der Waals surface area contributed by atoms with Crippen molar-refractivity contribution in [2.45, 2.75) is 33.4 Å². The van der Waals surface area contributed by atoms with Gasteiger partial charge in [0.25, 0.3) is 0 Å². The van der Waals surface area contributed by atoms with Gasteiger partial charge in [-0.2, -0.15) is 0 Å². The largest absolute Gasteiger partial charge is 0.348 e. The number of allylic oxidation sites excluding steroid dienone is 1. The highest BCUT2D eigenvalue weighted by Crippen LogP contribution is 2.17. The minimum absolute atomic E-state index is 0.0487. The molecular formula is C17H21N3O. The van der Waals surface area contributed by atoms with Crippen LogP contribution in [0, 0.1) is 6.92 Å². The monoisotopic (exact) mass is 283 g/mol. The average molecular weight is 283 g/mol. The van der Waals surface area contributed by atoms with Crippen LogP contribution in [0.3, 0.4) is 0 Å². The van der Waals surface area contributed by atoms with Crippen molar-refractivity contribution < 1.29 is 4.79 Å². The predicted octanol–water partition coefficient (Wildman–Crippen LogP) is 2.80. The third-order valence-corrected chi connectivity index (χ3v) is 3.35. The van der Waals surface area contributed by atoms with E-state index in [2.05, 4.69) is 10.3 Å². The van der Waals surface area contributed by atoms with Gasteiger partial charge in [-0.3, -0.25) is 4.79 Å². The highest BCUT2D eigenvalue weighted by Gasteiger charge is 2.07. The zero-order chi connectivity index (χ0) is 15.2. The topological polar surface area (TPSA) is 46.9 Å². The van der Waals surface area contributed by atoms with E-state index in [1.54, 1.807) is 18.6 Å². The van der Waals surface area contributed by atoms with Crippen molar-refractivity contribution in [2.75, 3.05) is 0 Å². The van der Waals surface area contributed by atoms with E-state index in [0.29, 0.717) is 6.54 Å². The Morgan fingerprint density at radius 1 is 1.43 bits per heavy atom. The Morgan fingerprint density at radius 2 is 2.19 bits per heavy atom.